The summed E-state index contributed by atoms with van der Waals surface area (Å²) in [5.74, 6) is 0. The summed E-state index contributed by atoms with van der Waals surface area (Å²) in [4.78, 5) is 0. The van der Waals surface area contributed by atoms with Crippen molar-refractivity contribution in [2.45, 2.75) is 92.0 Å². The summed E-state index contributed by atoms with van der Waals surface area (Å²) in [6.45, 7) is -2.12. The van der Waals surface area contributed by atoms with Gasteiger partial charge < -0.3 is 81.1 Å². The third kappa shape index (κ3) is 5.37. The Labute approximate surface area is 193 Å². The van der Waals surface area contributed by atoms with Crippen molar-refractivity contribution in [3.63, 3.8) is 0 Å². The van der Waals surface area contributed by atoms with E-state index in [-0.39, 0.29) is 0 Å². The lowest BCUT2D eigenvalue weighted by molar-refractivity contribution is -0.365. The van der Waals surface area contributed by atoms with Gasteiger partial charge in [0.25, 0.3) is 0 Å². The standard InChI is InChI=1S/C18H34N2O14/c19-7-11(26)14(5(2-22)30-16(7)29)34-18-13(28)12(27)15(6(3-23)32-18)33-17-8(20)10(25)9(24)4(1-21)31-17/h4-18,21-29H,1-3,19-20H2/t4-,5-,6-,7-,8-,9-,10-,11-,12-,13-,14-,15+,16-,17-,18+/m1/s1. The SMILES string of the molecule is N[C@@H]1[C@@H](O)[C@H](O[C@@H]2O[C@H](CO)[C@H](O[C@H]3O[C@H](CO)[C@@H](O)[C@H](O)[C@H]3N)[C@H](O)[C@H]2O)[C@@H](CO)O[C@H]1O. The van der Waals surface area contributed by atoms with Gasteiger partial charge in [-0.15, -0.1) is 0 Å². The van der Waals surface area contributed by atoms with Crippen LogP contribution in [-0.2, 0) is 23.7 Å². The lowest BCUT2D eigenvalue weighted by Gasteiger charge is -2.48. The van der Waals surface area contributed by atoms with E-state index in [9.17, 15) is 46.0 Å². The number of hydrogen-bond acceptors (Lipinski definition) is 16. The molecule has 0 aromatic rings. The van der Waals surface area contributed by atoms with E-state index >= 15 is 0 Å². The van der Waals surface area contributed by atoms with Gasteiger partial charge in [-0.1, -0.05) is 0 Å². The molecule has 0 bridgehead atoms. The first-order valence-corrected chi connectivity index (χ1v) is 10.7. The molecule has 0 saturated carbocycles. The van der Waals surface area contributed by atoms with Gasteiger partial charge in [-0.25, -0.2) is 0 Å². The van der Waals surface area contributed by atoms with E-state index in [2.05, 4.69) is 0 Å². The van der Waals surface area contributed by atoms with Crippen molar-refractivity contribution in [2.24, 2.45) is 11.5 Å². The third-order valence-corrected chi connectivity index (χ3v) is 6.25. The van der Waals surface area contributed by atoms with Crippen molar-refractivity contribution in [2.75, 3.05) is 19.8 Å². The lowest BCUT2D eigenvalue weighted by atomic mass is 9.95. The number of aliphatic hydroxyl groups is 9. The molecule has 3 fully saturated rings. The van der Waals surface area contributed by atoms with E-state index in [1.165, 1.54) is 0 Å². The summed E-state index contributed by atoms with van der Waals surface area (Å²) in [5, 5.41) is 89.9. The highest BCUT2D eigenvalue weighted by Gasteiger charge is 2.52. The summed E-state index contributed by atoms with van der Waals surface area (Å²) in [7, 11) is 0. The van der Waals surface area contributed by atoms with E-state index in [0.717, 1.165) is 0 Å². The maximum atomic E-state index is 10.7. The van der Waals surface area contributed by atoms with E-state index in [4.69, 9.17) is 35.2 Å². The van der Waals surface area contributed by atoms with Crippen LogP contribution in [-0.4, -0.2) is 158 Å². The van der Waals surface area contributed by atoms with E-state index in [1.807, 2.05) is 0 Å². The molecule has 0 amide bonds. The molecule has 0 unspecified atom stereocenters. The maximum absolute atomic E-state index is 10.7. The van der Waals surface area contributed by atoms with Gasteiger partial charge in [0.2, 0.25) is 0 Å². The minimum Gasteiger partial charge on any atom is -0.394 e. The number of ether oxygens (including phenoxy) is 5. The fraction of sp³-hybridized carbons (Fsp3) is 1.00. The van der Waals surface area contributed by atoms with Crippen molar-refractivity contribution in [1.82, 2.24) is 0 Å². The zero-order chi connectivity index (χ0) is 25.3. The topological polar surface area (TPSA) is 280 Å². The molecule has 3 saturated heterocycles. The molecule has 0 aromatic carbocycles. The summed E-state index contributed by atoms with van der Waals surface area (Å²) >= 11 is 0. The third-order valence-electron chi connectivity index (χ3n) is 6.25. The van der Waals surface area contributed by atoms with Crippen LogP contribution in [0.25, 0.3) is 0 Å². The quantitative estimate of drug-likeness (QED) is 0.154. The largest absolute Gasteiger partial charge is 0.394 e. The highest BCUT2D eigenvalue weighted by atomic mass is 16.7. The highest BCUT2D eigenvalue weighted by molar-refractivity contribution is 4.97. The molecule has 0 spiro atoms. The molecule has 3 aliphatic heterocycles. The maximum Gasteiger partial charge on any atom is 0.187 e. The second-order valence-corrected chi connectivity index (χ2v) is 8.51. The van der Waals surface area contributed by atoms with Crippen LogP contribution in [0.2, 0.25) is 0 Å². The van der Waals surface area contributed by atoms with E-state index in [0.29, 0.717) is 0 Å². The molecule has 0 radical (unpaired) electrons. The Bertz CT molecular complexity index is 644. The Morgan fingerprint density at radius 2 is 1.03 bits per heavy atom. The Morgan fingerprint density at radius 1 is 0.529 bits per heavy atom. The van der Waals surface area contributed by atoms with Crippen molar-refractivity contribution >= 4 is 0 Å². The second kappa shape index (κ2) is 11.6. The van der Waals surface area contributed by atoms with Crippen LogP contribution >= 0.6 is 0 Å². The van der Waals surface area contributed by atoms with Crippen LogP contribution < -0.4 is 11.5 Å². The molecule has 0 aromatic heterocycles. The molecule has 0 aliphatic carbocycles. The van der Waals surface area contributed by atoms with Crippen LogP contribution in [0.1, 0.15) is 0 Å². The zero-order valence-corrected chi connectivity index (χ0v) is 18.0. The van der Waals surface area contributed by atoms with Crippen molar-refractivity contribution in [1.29, 1.82) is 0 Å². The summed E-state index contributed by atoms with van der Waals surface area (Å²) < 4.78 is 27.0. The Kier molecular flexibility index (Phi) is 9.54. The molecule has 34 heavy (non-hydrogen) atoms. The minimum absolute atomic E-state index is 0.675. The summed E-state index contributed by atoms with van der Waals surface area (Å²) in [6, 6.07) is -2.63. The fourth-order valence-corrected chi connectivity index (χ4v) is 4.14. The summed E-state index contributed by atoms with van der Waals surface area (Å²) in [5.41, 5.74) is 11.5. The molecular weight excluding hydrogens is 468 g/mol. The van der Waals surface area contributed by atoms with Gasteiger partial charge in [0, 0.05) is 0 Å². The monoisotopic (exact) mass is 502 g/mol. The number of aliphatic hydroxyl groups excluding tert-OH is 9. The first-order valence-electron chi connectivity index (χ1n) is 10.7. The van der Waals surface area contributed by atoms with Gasteiger partial charge in [-0.05, 0) is 0 Å². The van der Waals surface area contributed by atoms with Gasteiger partial charge in [-0.3, -0.25) is 0 Å². The summed E-state index contributed by atoms with van der Waals surface area (Å²) in [6.07, 6.45) is -19.6. The van der Waals surface area contributed by atoms with Crippen LogP contribution in [0, 0.1) is 0 Å². The molecule has 16 nitrogen and oxygen atoms in total. The Balaban J connectivity index is 1.72. The van der Waals surface area contributed by atoms with Crippen molar-refractivity contribution < 1.29 is 69.6 Å². The number of hydrogen-bond donors (Lipinski definition) is 11. The molecule has 3 aliphatic rings. The lowest BCUT2D eigenvalue weighted by Crippen LogP contribution is -2.68. The minimum atomic E-state index is -1.83. The van der Waals surface area contributed by atoms with Crippen LogP contribution in [0.15, 0.2) is 0 Å². The average molecular weight is 502 g/mol. The van der Waals surface area contributed by atoms with Gasteiger partial charge in [0.1, 0.15) is 61.0 Å². The van der Waals surface area contributed by atoms with E-state index in [1.54, 1.807) is 0 Å². The second-order valence-electron chi connectivity index (χ2n) is 8.51. The van der Waals surface area contributed by atoms with Gasteiger partial charge in [-0.2, -0.15) is 0 Å². The average Bonchev–Trinajstić information content (AvgIpc) is 2.83. The van der Waals surface area contributed by atoms with Gasteiger partial charge in [0.15, 0.2) is 18.9 Å². The Morgan fingerprint density at radius 3 is 1.62 bits per heavy atom. The Hall–Kier alpha value is -0.640. The van der Waals surface area contributed by atoms with Crippen LogP contribution in [0.5, 0.6) is 0 Å². The molecule has 3 rings (SSSR count). The zero-order valence-electron chi connectivity index (χ0n) is 18.0. The van der Waals surface area contributed by atoms with Crippen LogP contribution in [0.3, 0.4) is 0 Å². The fourth-order valence-electron chi connectivity index (χ4n) is 4.14. The first kappa shape index (κ1) is 27.9. The smallest absolute Gasteiger partial charge is 0.187 e. The molecule has 200 valence electrons. The van der Waals surface area contributed by atoms with Crippen LogP contribution in [0.4, 0.5) is 0 Å². The number of rotatable bonds is 7. The molecule has 3 heterocycles. The molecule has 15 atom stereocenters. The predicted molar refractivity (Wildman–Crippen MR) is 105 cm³/mol. The van der Waals surface area contributed by atoms with E-state index < -0.39 is 112 Å². The molecule has 13 N–H and O–H groups in total. The van der Waals surface area contributed by atoms with Crippen molar-refractivity contribution in [3.8, 4) is 0 Å². The molecular formula is C18H34N2O14. The first-order chi connectivity index (χ1) is 16.0. The van der Waals surface area contributed by atoms with Gasteiger partial charge in [0.05, 0.1) is 31.9 Å². The molecule has 16 heteroatoms. The normalized spacial score (nSPS) is 52.5. The number of nitrogens with two attached hydrogens (primary N) is 2. The predicted octanol–water partition coefficient (Wildman–Crippen LogP) is -7.64. The van der Waals surface area contributed by atoms with Gasteiger partial charge >= 0.3 is 0 Å². The van der Waals surface area contributed by atoms with Crippen molar-refractivity contribution in [3.05, 3.63) is 0 Å². The highest BCUT2D eigenvalue weighted by Crippen LogP contribution is 2.31.